The summed E-state index contributed by atoms with van der Waals surface area (Å²) in [6.45, 7) is 2.74. The molecule has 0 amide bonds. The zero-order valence-corrected chi connectivity index (χ0v) is 12.4. The van der Waals surface area contributed by atoms with Crippen LogP contribution in [0.2, 0.25) is 0 Å². The van der Waals surface area contributed by atoms with E-state index in [9.17, 15) is 9.90 Å². The van der Waals surface area contributed by atoms with Crippen molar-refractivity contribution < 1.29 is 14.6 Å². The van der Waals surface area contributed by atoms with E-state index in [4.69, 9.17) is 4.74 Å². The van der Waals surface area contributed by atoms with Gasteiger partial charge in [-0.15, -0.1) is 0 Å². The van der Waals surface area contributed by atoms with Gasteiger partial charge in [-0.2, -0.15) is 0 Å². The van der Waals surface area contributed by atoms with Gasteiger partial charge in [-0.25, -0.2) is 4.79 Å². The molecule has 0 bridgehead atoms. The molecule has 21 heavy (non-hydrogen) atoms. The second-order valence-electron chi connectivity index (χ2n) is 5.09. The first-order valence-corrected chi connectivity index (χ1v) is 7.04. The maximum absolute atomic E-state index is 11.2. The molecular weight excluding hydrogens is 264 g/mol. The highest BCUT2D eigenvalue weighted by Gasteiger charge is 2.11. The third kappa shape index (κ3) is 3.70. The fraction of sp³-hybridized carbons (Fsp3) is 0.278. The number of hydrogen-bond acceptors (Lipinski definition) is 2. The van der Waals surface area contributed by atoms with Gasteiger partial charge in [0.1, 0.15) is 0 Å². The van der Waals surface area contributed by atoms with Gasteiger partial charge in [0.25, 0.3) is 0 Å². The molecular formula is C18H20O3. The van der Waals surface area contributed by atoms with E-state index in [2.05, 4.69) is 19.1 Å². The smallest absolute Gasteiger partial charge is 0.335 e. The average Bonchev–Trinajstić information content (AvgIpc) is 2.48. The van der Waals surface area contributed by atoms with E-state index < -0.39 is 5.97 Å². The number of aromatic carboxylic acids is 1. The minimum atomic E-state index is -0.890. The molecule has 0 unspecified atom stereocenters. The third-order valence-electron chi connectivity index (χ3n) is 3.58. The van der Waals surface area contributed by atoms with E-state index in [1.807, 2.05) is 18.2 Å². The van der Waals surface area contributed by atoms with Gasteiger partial charge in [-0.3, -0.25) is 0 Å². The number of carboxylic acid groups (broad SMARTS) is 1. The van der Waals surface area contributed by atoms with Crippen LogP contribution in [0.15, 0.2) is 42.5 Å². The maximum atomic E-state index is 11.2. The maximum Gasteiger partial charge on any atom is 0.335 e. The van der Waals surface area contributed by atoms with Crippen molar-refractivity contribution in [2.24, 2.45) is 0 Å². The molecule has 0 heterocycles. The molecule has 0 aliphatic rings. The Hall–Kier alpha value is -2.13. The summed E-state index contributed by atoms with van der Waals surface area (Å²) in [6.07, 6.45) is 1.68. The van der Waals surface area contributed by atoms with Crippen LogP contribution < -0.4 is 0 Å². The van der Waals surface area contributed by atoms with E-state index in [-0.39, 0.29) is 0 Å². The highest BCUT2D eigenvalue weighted by molar-refractivity contribution is 5.89. The summed E-state index contributed by atoms with van der Waals surface area (Å²) >= 11 is 0. The zero-order chi connectivity index (χ0) is 15.2. The molecule has 3 heteroatoms. The molecule has 0 saturated heterocycles. The first-order valence-electron chi connectivity index (χ1n) is 7.04. The Kier molecular flexibility index (Phi) is 5.12. The van der Waals surface area contributed by atoms with Crippen molar-refractivity contribution in [2.75, 3.05) is 13.7 Å². The third-order valence-corrected chi connectivity index (χ3v) is 3.58. The zero-order valence-electron chi connectivity index (χ0n) is 12.4. The van der Waals surface area contributed by atoms with Crippen molar-refractivity contribution in [3.05, 3.63) is 59.2 Å². The summed E-state index contributed by atoms with van der Waals surface area (Å²) in [7, 11) is 1.68. The van der Waals surface area contributed by atoms with Gasteiger partial charge in [0, 0.05) is 13.7 Å². The van der Waals surface area contributed by atoms with Crippen molar-refractivity contribution in [3.8, 4) is 11.1 Å². The van der Waals surface area contributed by atoms with Gasteiger partial charge in [-0.05, 0) is 54.2 Å². The summed E-state index contributed by atoms with van der Waals surface area (Å²) < 4.78 is 5.09. The normalized spacial score (nSPS) is 10.6. The summed E-state index contributed by atoms with van der Waals surface area (Å²) in [4.78, 5) is 11.2. The monoisotopic (exact) mass is 284 g/mol. The highest BCUT2D eigenvalue weighted by atomic mass is 16.5. The van der Waals surface area contributed by atoms with Crippen LogP contribution >= 0.6 is 0 Å². The molecule has 3 nitrogen and oxygen atoms in total. The Morgan fingerprint density at radius 2 is 1.90 bits per heavy atom. The predicted octanol–water partition coefficient (Wildman–Crippen LogP) is 3.94. The largest absolute Gasteiger partial charge is 0.478 e. The molecule has 2 aromatic carbocycles. The standard InChI is InChI=1S/C18H20O3/c1-13-6-3-4-8-16(13)17-10-9-15(18(19)20)12-14(17)7-5-11-21-2/h3-4,6,8-10,12H,5,7,11H2,1-2H3,(H,19,20). The van der Waals surface area contributed by atoms with Crippen LogP contribution in [0.3, 0.4) is 0 Å². The second-order valence-corrected chi connectivity index (χ2v) is 5.09. The number of methoxy groups -OCH3 is 1. The van der Waals surface area contributed by atoms with E-state index >= 15 is 0 Å². The Morgan fingerprint density at radius 1 is 1.14 bits per heavy atom. The molecule has 0 aliphatic carbocycles. The average molecular weight is 284 g/mol. The molecule has 0 fully saturated rings. The topological polar surface area (TPSA) is 46.5 Å². The lowest BCUT2D eigenvalue weighted by molar-refractivity contribution is 0.0697. The van der Waals surface area contributed by atoms with Crippen LogP contribution in [0.25, 0.3) is 11.1 Å². The highest BCUT2D eigenvalue weighted by Crippen LogP contribution is 2.28. The first-order chi connectivity index (χ1) is 10.1. The number of hydrogen-bond donors (Lipinski definition) is 1. The summed E-state index contributed by atoms with van der Waals surface area (Å²) in [5.41, 5.74) is 4.84. The summed E-state index contributed by atoms with van der Waals surface area (Å²) in [5.74, 6) is -0.890. The molecule has 0 aliphatic heterocycles. The van der Waals surface area contributed by atoms with Crippen LogP contribution in [-0.4, -0.2) is 24.8 Å². The Labute approximate surface area is 125 Å². The quantitative estimate of drug-likeness (QED) is 0.817. The lowest BCUT2D eigenvalue weighted by Gasteiger charge is -2.13. The Bertz CT molecular complexity index is 632. The molecule has 2 rings (SSSR count). The van der Waals surface area contributed by atoms with Gasteiger partial charge in [-0.1, -0.05) is 30.3 Å². The van der Waals surface area contributed by atoms with Gasteiger partial charge in [0.2, 0.25) is 0 Å². The van der Waals surface area contributed by atoms with E-state index in [1.165, 1.54) is 5.56 Å². The molecule has 0 aromatic heterocycles. The van der Waals surface area contributed by atoms with Crippen molar-refractivity contribution in [3.63, 3.8) is 0 Å². The summed E-state index contributed by atoms with van der Waals surface area (Å²) in [5, 5.41) is 9.17. The molecule has 0 radical (unpaired) electrons. The van der Waals surface area contributed by atoms with E-state index in [1.54, 1.807) is 19.2 Å². The van der Waals surface area contributed by atoms with Crippen molar-refractivity contribution in [1.29, 1.82) is 0 Å². The van der Waals surface area contributed by atoms with Crippen LogP contribution in [0.1, 0.15) is 27.9 Å². The van der Waals surface area contributed by atoms with Gasteiger partial charge in [0.05, 0.1) is 5.56 Å². The predicted molar refractivity (Wildman–Crippen MR) is 83.8 cm³/mol. The van der Waals surface area contributed by atoms with Gasteiger partial charge >= 0.3 is 5.97 Å². The molecule has 0 spiro atoms. The van der Waals surface area contributed by atoms with Crippen molar-refractivity contribution in [2.45, 2.75) is 19.8 Å². The number of carbonyl (C=O) groups is 1. The van der Waals surface area contributed by atoms with Crippen molar-refractivity contribution in [1.82, 2.24) is 0 Å². The molecule has 2 aromatic rings. The Morgan fingerprint density at radius 3 is 2.57 bits per heavy atom. The molecule has 0 saturated carbocycles. The van der Waals surface area contributed by atoms with Crippen LogP contribution in [0.4, 0.5) is 0 Å². The minimum Gasteiger partial charge on any atom is -0.478 e. The van der Waals surface area contributed by atoms with Crippen LogP contribution in [0, 0.1) is 6.92 Å². The fourth-order valence-electron chi connectivity index (χ4n) is 2.48. The number of aryl methyl sites for hydroxylation is 2. The number of benzene rings is 2. The second kappa shape index (κ2) is 7.04. The molecule has 0 atom stereocenters. The number of carboxylic acids is 1. The first kappa shape index (κ1) is 15.3. The lowest BCUT2D eigenvalue weighted by Crippen LogP contribution is -2.01. The van der Waals surface area contributed by atoms with Crippen LogP contribution in [-0.2, 0) is 11.2 Å². The molecule has 110 valence electrons. The van der Waals surface area contributed by atoms with E-state index in [0.29, 0.717) is 12.2 Å². The SMILES string of the molecule is COCCCc1cc(C(=O)O)ccc1-c1ccccc1C. The lowest BCUT2D eigenvalue weighted by atomic mass is 9.92. The number of rotatable bonds is 6. The Balaban J connectivity index is 2.44. The van der Waals surface area contributed by atoms with Gasteiger partial charge in [0.15, 0.2) is 0 Å². The van der Waals surface area contributed by atoms with Crippen LogP contribution in [0.5, 0.6) is 0 Å². The fourth-order valence-corrected chi connectivity index (χ4v) is 2.48. The van der Waals surface area contributed by atoms with Gasteiger partial charge < -0.3 is 9.84 Å². The van der Waals surface area contributed by atoms with E-state index in [0.717, 1.165) is 29.5 Å². The summed E-state index contributed by atoms with van der Waals surface area (Å²) in [6, 6.07) is 13.5. The number of ether oxygens (including phenoxy) is 1. The molecule has 1 N–H and O–H groups in total. The van der Waals surface area contributed by atoms with Crippen molar-refractivity contribution >= 4 is 5.97 Å². The minimum absolute atomic E-state index is 0.333.